The van der Waals surface area contributed by atoms with E-state index in [1.807, 2.05) is 37.3 Å². The average molecular weight is 355 g/mol. The topological polar surface area (TPSA) is 53.9 Å². The van der Waals surface area contributed by atoms with E-state index in [0.29, 0.717) is 26.1 Å². The zero-order valence-corrected chi connectivity index (χ0v) is 14.7. The Kier molecular flexibility index (Phi) is 5.84. The Morgan fingerprint density at radius 2 is 2.08 bits per heavy atom. The average Bonchev–Trinajstić information content (AvgIpc) is 3.11. The molecule has 0 aromatic heterocycles. The number of nitrogens with one attached hydrogen (secondary N) is 1. The number of nitrogens with zero attached hydrogens (tertiary/aromatic N) is 2. The van der Waals surface area contributed by atoms with Crippen LogP contribution in [0.3, 0.4) is 0 Å². The van der Waals surface area contributed by atoms with Crippen molar-refractivity contribution in [1.82, 2.24) is 10.2 Å². The third-order valence-electron chi connectivity index (χ3n) is 4.14. The zero-order chi connectivity index (χ0) is 18.4. The van der Waals surface area contributed by atoms with Crippen LogP contribution in [-0.4, -0.2) is 35.8 Å². The number of rotatable bonds is 6. The monoisotopic (exact) mass is 355 g/mol. The van der Waals surface area contributed by atoms with E-state index in [4.69, 9.17) is 4.84 Å². The summed E-state index contributed by atoms with van der Waals surface area (Å²) in [5.41, 5.74) is 2.63. The smallest absolute Gasteiger partial charge is 0.317 e. The summed E-state index contributed by atoms with van der Waals surface area (Å²) < 4.78 is 13.4. The number of hydrogen-bond acceptors (Lipinski definition) is 3. The van der Waals surface area contributed by atoms with Crippen LogP contribution in [0.2, 0.25) is 0 Å². The van der Waals surface area contributed by atoms with Crippen LogP contribution < -0.4 is 5.32 Å². The third kappa shape index (κ3) is 4.59. The van der Waals surface area contributed by atoms with Crippen molar-refractivity contribution in [2.24, 2.45) is 5.16 Å². The van der Waals surface area contributed by atoms with Gasteiger partial charge in [0, 0.05) is 19.5 Å². The van der Waals surface area contributed by atoms with Gasteiger partial charge in [0.25, 0.3) is 0 Å². The van der Waals surface area contributed by atoms with E-state index in [1.54, 1.807) is 17.0 Å². The molecule has 136 valence electrons. The van der Waals surface area contributed by atoms with E-state index in [1.165, 1.54) is 12.1 Å². The fraction of sp³-hybridized carbons (Fsp3) is 0.300. The van der Waals surface area contributed by atoms with Crippen molar-refractivity contribution in [3.63, 3.8) is 0 Å². The van der Waals surface area contributed by atoms with Crippen LogP contribution in [0.5, 0.6) is 0 Å². The molecule has 1 aliphatic heterocycles. The second-order valence-electron chi connectivity index (χ2n) is 6.18. The summed E-state index contributed by atoms with van der Waals surface area (Å²) in [5, 5.41) is 6.96. The van der Waals surface area contributed by atoms with Gasteiger partial charge in [0.1, 0.15) is 5.82 Å². The lowest BCUT2D eigenvalue weighted by Crippen LogP contribution is -2.43. The maximum Gasteiger partial charge on any atom is 0.317 e. The molecule has 26 heavy (non-hydrogen) atoms. The lowest BCUT2D eigenvalue weighted by molar-refractivity contribution is 0.0590. The Bertz CT molecular complexity index is 780. The summed E-state index contributed by atoms with van der Waals surface area (Å²) in [6, 6.07) is 15.9. The second kappa shape index (κ2) is 8.47. The molecule has 2 aromatic rings. The van der Waals surface area contributed by atoms with Gasteiger partial charge >= 0.3 is 6.03 Å². The summed E-state index contributed by atoms with van der Waals surface area (Å²) in [5.74, 6) is -0.315. The van der Waals surface area contributed by atoms with Crippen LogP contribution in [-0.2, 0) is 11.4 Å². The Morgan fingerprint density at radius 1 is 1.27 bits per heavy atom. The molecule has 3 rings (SSSR count). The SMILES string of the molecule is CCNC(=O)N(Cc1cccc(F)c1)C[C@H]1CC(c2ccccc2)=NO1. The fourth-order valence-electron chi connectivity index (χ4n) is 2.91. The van der Waals surface area contributed by atoms with Crippen LogP contribution >= 0.6 is 0 Å². The predicted octanol–water partition coefficient (Wildman–Crippen LogP) is 3.55. The molecule has 1 N–H and O–H groups in total. The molecule has 1 atom stereocenters. The van der Waals surface area contributed by atoms with Crippen molar-refractivity contribution in [3.8, 4) is 0 Å². The highest BCUT2D eigenvalue weighted by molar-refractivity contribution is 6.01. The predicted molar refractivity (Wildman–Crippen MR) is 98.4 cm³/mol. The standard InChI is InChI=1S/C20H22FN3O2/c1-2-22-20(25)24(13-15-7-6-10-17(21)11-15)14-18-12-19(23-26-18)16-8-4-3-5-9-16/h3-11,18H,2,12-14H2,1H3,(H,22,25)/t18-/m1/s1. The molecule has 1 aliphatic rings. The number of halogens is 1. The number of carbonyl (C=O) groups is 1. The maximum atomic E-state index is 13.4. The quantitative estimate of drug-likeness (QED) is 0.861. The van der Waals surface area contributed by atoms with E-state index in [0.717, 1.165) is 16.8 Å². The Morgan fingerprint density at radius 3 is 2.81 bits per heavy atom. The molecule has 0 saturated heterocycles. The number of urea groups is 1. The molecule has 0 bridgehead atoms. The van der Waals surface area contributed by atoms with E-state index in [-0.39, 0.29) is 18.0 Å². The first-order chi connectivity index (χ1) is 12.7. The minimum absolute atomic E-state index is 0.200. The molecular weight excluding hydrogens is 333 g/mol. The van der Waals surface area contributed by atoms with Crippen molar-refractivity contribution >= 4 is 11.7 Å². The van der Waals surface area contributed by atoms with Gasteiger partial charge in [0.2, 0.25) is 0 Å². The first-order valence-electron chi connectivity index (χ1n) is 8.71. The first kappa shape index (κ1) is 17.9. The second-order valence-corrected chi connectivity index (χ2v) is 6.18. The molecule has 2 amide bonds. The molecule has 0 fully saturated rings. The zero-order valence-electron chi connectivity index (χ0n) is 14.7. The highest BCUT2D eigenvalue weighted by Crippen LogP contribution is 2.18. The largest absolute Gasteiger partial charge is 0.390 e. The number of benzene rings is 2. The van der Waals surface area contributed by atoms with E-state index < -0.39 is 0 Å². The van der Waals surface area contributed by atoms with E-state index in [2.05, 4.69) is 10.5 Å². The fourth-order valence-corrected chi connectivity index (χ4v) is 2.91. The minimum Gasteiger partial charge on any atom is -0.390 e. The molecule has 0 radical (unpaired) electrons. The van der Waals surface area contributed by atoms with Gasteiger partial charge in [-0.3, -0.25) is 0 Å². The highest BCUT2D eigenvalue weighted by atomic mass is 19.1. The lowest BCUT2D eigenvalue weighted by Gasteiger charge is -2.25. The van der Waals surface area contributed by atoms with Crippen molar-refractivity contribution in [3.05, 3.63) is 71.5 Å². The van der Waals surface area contributed by atoms with Crippen LogP contribution in [0.15, 0.2) is 59.8 Å². The van der Waals surface area contributed by atoms with Gasteiger partial charge in [-0.1, -0.05) is 47.6 Å². The van der Waals surface area contributed by atoms with Crippen molar-refractivity contribution in [2.45, 2.75) is 26.0 Å². The van der Waals surface area contributed by atoms with Gasteiger partial charge in [-0.25, -0.2) is 9.18 Å². The van der Waals surface area contributed by atoms with Gasteiger partial charge in [-0.05, 0) is 30.2 Å². The Hall–Kier alpha value is -2.89. The molecule has 0 aliphatic carbocycles. The van der Waals surface area contributed by atoms with Crippen LogP contribution in [0.1, 0.15) is 24.5 Å². The summed E-state index contributed by atoms with van der Waals surface area (Å²) >= 11 is 0. The van der Waals surface area contributed by atoms with Crippen molar-refractivity contribution < 1.29 is 14.0 Å². The molecule has 0 unspecified atom stereocenters. The Balaban J connectivity index is 1.66. The first-order valence-corrected chi connectivity index (χ1v) is 8.71. The molecule has 0 saturated carbocycles. The molecule has 5 nitrogen and oxygen atoms in total. The molecule has 6 heteroatoms. The van der Waals surface area contributed by atoms with Gasteiger partial charge in [0.05, 0.1) is 12.3 Å². The van der Waals surface area contributed by atoms with Crippen molar-refractivity contribution in [2.75, 3.05) is 13.1 Å². The van der Waals surface area contributed by atoms with Crippen LogP contribution in [0.25, 0.3) is 0 Å². The van der Waals surface area contributed by atoms with Crippen LogP contribution in [0, 0.1) is 5.82 Å². The van der Waals surface area contributed by atoms with Gasteiger partial charge in [-0.2, -0.15) is 0 Å². The van der Waals surface area contributed by atoms with E-state index in [9.17, 15) is 9.18 Å². The molecule has 2 aromatic carbocycles. The number of hydrogen-bond donors (Lipinski definition) is 1. The van der Waals surface area contributed by atoms with Gasteiger partial charge < -0.3 is 15.1 Å². The summed E-state index contributed by atoms with van der Waals surface area (Å²) in [6.07, 6.45) is 0.407. The third-order valence-corrected chi connectivity index (χ3v) is 4.14. The maximum absolute atomic E-state index is 13.4. The summed E-state index contributed by atoms with van der Waals surface area (Å²) in [4.78, 5) is 19.6. The number of oxime groups is 1. The number of amides is 2. The van der Waals surface area contributed by atoms with Gasteiger partial charge in [0.15, 0.2) is 6.10 Å². The van der Waals surface area contributed by atoms with Gasteiger partial charge in [-0.15, -0.1) is 0 Å². The summed E-state index contributed by atoms with van der Waals surface area (Å²) in [7, 11) is 0. The van der Waals surface area contributed by atoms with Crippen molar-refractivity contribution in [1.29, 1.82) is 0 Å². The molecule has 1 heterocycles. The highest BCUT2D eigenvalue weighted by Gasteiger charge is 2.26. The number of carbonyl (C=O) groups excluding carboxylic acids is 1. The lowest BCUT2D eigenvalue weighted by atomic mass is 10.0. The minimum atomic E-state index is -0.315. The molecule has 0 spiro atoms. The summed E-state index contributed by atoms with van der Waals surface area (Å²) in [6.45, 7) is 3.07. The Labute approximate surface area is 152 Å². The molecular formula is C20H22FN3O2. The van der Waals surface area contributed by atoms with Crippen LogP contribution in [0.4, 0.5) is 9.18 Å². The van der Waals surface area contributed by atoms with E-state index >= 15 is 0 Å². The normalized spacial score (nSPS) is 15.9.